The van der Waals surface area contributed by atoms with Gasteiger partial charge in [-0.25, -0.2) is 0 Å². The third-order valence-corrected chi connectivity index (χ3v) is 5.79. The lowest BCUT2D eigenvalue weighted by atomic mass is 10.1. The van der Waals surface area contributed by atoms with Crippen LogP contribution in [-0.2, 0) is 14.2 Å². The van der Waals surface area contributed by atoms with Crippen molar-refractivity contribution in [2.24, 2.45) is 0 Å². The second-order valence-electron chi connectivity index (χ2n) is 8.74. The minimum absolute atomic E-state index is 0.00292. The highest BCUT2D eigenvalue weighted by Gasteiger charge is 2.21. The molecule has 2 fully saturated rings. The predicted molar refractivity (Wildman–Crippen MR) is 130 cm³/mol. The second kappa shape index (κ2) is 22.5. The number of aliphatic hydroxyl groups excluding tert-OH is 1. The summed E-state index contributed by atoms with van der Waals surface area (Å²) in [4.78, 5) is 0. The molecule has 2 rings (SSSR count). The molecule has 2 unspecified atom stereocenters. The van der Waals surface area contributed by atoms with E-state index in [9.17, 15) is 0 Å². The molecule has 2 aliphatic heterocycles. The molecule has 2 heterocycles. The van der Waals surface area contributed by atoms with Gasteiger partial charge in [-0.3, -0.25) is 0 Å². The summed E-state index contributed by atoms with van der Waals surface area (Å²) < 4.78 is 16.6. The van der Waals surface area contributed by atoms with Gasteiger partial charge in [-0.05, 0) is 51.4 Å². The Balaban J connectivity index is 0.000000323. The Kier molecular flexibility index (Phi) is 20.6. The molecule has 0 bridgehead atoms. The quantitative estimate of drug-likeness (QED) is 0.213. The van der Waals surface area contributed by atoms with Crippen LogP contribution in [-0.4, -0.2) is 37.5 Å². The highest BCUT2D eigenvalue weighted by Crippen LogP contribution is 2.20. The van der Waals surface area contributed by atoms with Crippen LogP contribution in [0.15, 0.2) is 24.3 Å². The molecule has 0 spiro atoms. The van der Waals surface area contributed by atoms with E-state index in [-0.39, 0.29) is 19.2 Å². The molecule has 2 saturated heterocycles. The van der Waals surface area contributed by atoms with E-state index in [1.54, 1.807) is 6.08 Å². The Morgan fingerprint density at radius 2 is 1.23 bits per heavy atom. The maximum atomic E-state index is 8.54. The van der Waals surface area contributed by atoms with Crippen molar-refractivity contribution >= 4 is 0 Å². The monoisotopic (exact) mass is 438 g/mol. The Morgan fingerprint density at radius 1 is 0.710 bits per heavy atom. The average Bonchev–Trinajstić information content (AvgIpc) is 2.81. The van der Waals surface area contributed by atoms with E-state index in [0.717, 1.165) is 26.1 Å². The van der Waals surface area contributed by atoms with Gasteiger partial charge in [0.2, 0.25) is 0 Å². The van der Waals surface area contributed by atoms with Crippen molar-refractivity contribution in [2.45, 2.75) is 129 Å². The number of ether oxygens (including phenoxy) is 3. The van der Waals surface area contributed by atoms with Crippen LogP contribution in [0.1, 0.15) is 116 Å². The molecule has 0 saturated carbocycles. The van der Waals surface area contributed by atoms with Gasteiger partial charge in [0.15, 0.2) is 12.6 Å². The van der Waals surface area contributed by atoms with Crippen LogP contribution in [0.4, 0.5) is 0 Å². The Hall–Kier alpha value is -0.680. The molecule has 0 aromatic rings. The number of unbranched alkanes of at least 4 members (excludes halogenated alkanes) is 10. The van der Waals surface area contributed by atoms with Crippen molar-refractivity contribution in [3.63, 3.8) is 0 Å². The fourth-order valence-electron chi connectivity index (χ4n) is 3.87. The number of hydrogen-bond donors (Lipinski definition) is 1. The third-order valence-electron chi connectivity index (χ3n) is 5.79. The molecule has 0 radical (unpaired) electrons. The molecule has 1 N–H and O–H groups in total. The SMILES string of the molecule is C1CCC(OC2CCCCO2)OC1.CCCCCCCCCCCCC=CC=CCO. The number of rotatable bonds is 15. The molecule has 4 heteroatoms. The lowest BCUT2D eigenvalue weighted by Gasteiger charge is -2.29. The average molecular weight is 439 g/mol. The molecule has 0 aromatic carbocycles. The summed E-state index contributed by atoms with van der Waals surface area (Å²) in [6, 6.07) is 0. The molecule has 31 heavy (non-hydrogen) atoms. The predicted octanol–water partition coefficient (Wildman–Crippen LogP) is 7.46. The summed E-state index contributed by atoms with van der Waals surface area (Å²) in [6.07, 6.45) is 29.9. The van der Waals surface area contributed by atoms with Crippen molar-refractivity contribution in [1.82, 2.24) is 0 Å². The maximum absolute atomic E-state index is 8.54. The zero-order chi connectivity index (χ0) is 22.2. The fourth-order valence-corrected chi connectivity index (χ4v) is 3.87. The first-order valence-electron chi connectivity index (χ1n) is 13.2. The van der Waals surface area contributed by atoms with E-state index in [1.807, 2.05) is 12.2 Å². The molecule has 182 valence electrons. The van der Waals surface area contributed by atoms with Gasteiger partial charge in [0.05, 0.1) is 6.61 Å². The normalized spacial score (nSPS) is 22.0. The molecule has 0 aliphatic carbocycles. The van der Waals surface area contributed by atoms with Gasteiger partial charge in [-0.15, -0.1) is 0 Å². The van der Waals surface area contributed by atoms with Crippen LogP contribution in [0, 0.1) is 0 Å². The van der Waals surface area contributed by atoms with E-state index in [4.69, 9.17) is 19.3 Å². The van der Waals surface area contributed by atoms with Crippen molar-refractivity contribution in [3.05, 3.63) is 24.3 Å². The van der Waals surface area contributed by atoms with Gasteiger partial charge in [0.1, 0.15) is 0 Å². The van der Waals surface area contributed by atoms with Gasteiger partial charge in [0.25, 0.3) is 0 Å². The Bertz CT molecular complexity index is 393. The van der Waals surface area contributed by atoms with Gasteiger partial charge >= 0.3 is 0 Å². The van der Waals surface area contributed by atoms with Crippen LogP contribution in [0.25, 0.3) is 0 Å². The molecule has 0 aromatic heterocycles. The summed E-state index contributed by atoms with van der Waals surface area (Å²) in [5.74, 6) is 0. The van der Waals surface area contributed by atoms with Crippen LogP contribution in [0.3, 0.4) is 0 Å². The van der Waals surface area contributed by atoms with E-state index in [0.29, 0.717) is 0 Å². The zero-order valence-electron chi connectivity index (χ0n) is 20.3. The molecule has 4 nitrogen and oxygen atoms in total. The minimum Gasteiger partial charge on any atom is -0.392 e. The first kappa shape index (κ1) is 28.4. The minimum atomic E-state index is -0.00292. The number of hydrogen-bond acceptors (Lipinski definition) is 4. The summed E-state index contributed by atoms with van der Waals surface area (Å²) in [6.45, 7) is 4.10. The summed E-state index contributed by atoms with van der Waals surface area (Å²) in [5.41, 5.74) is 0. The maximum Gasteiger partial charge on any atom is 0.160 e. The van der Waals surface area contributed by atoms with Crippen molar-refractivity contribution in [3.8, 4) is 0 Å². The fraction of sp³-hybridized carbons (Fsp3) is 0.852. The van der Waals surface area contributed by atoms with Gasteiger partial charge in [-0.1, -0.05) is 89.0 Å². The lowest BCUT2D eigenvalue weighted by Crippen LogP contribution is -2.31. The molecule has 2 atom stereocenters. The first-order valence-corrected chi connectivity index (χ1v) is 13.2. The van der Waals surface area contributed by atoms with Crippen LogP contribution < -0.4 is 0 Å². The smallest absolute Gasteiger partial charge is 0.160 e. The van der Waals surface area contributed by atoms with Gasteiger partial charge in [-0.2, -0.15) is 0 Å². The molecule has 0 amide bonds. The summed E-state index contributed by atoms with van der Waals surface area (Å²) in [5, 5.41) is 8.54. The summed E-state index contributed by atoms with van der Waals surface area (Å²) >= 11 is 0. The third kappa shape index (κ3) is 18.6. The van der Waals surface area contributed by atoms with Crippen LogP contribution in [0.2, 0.25) is 0 Å². The first-order chi connectivity index (χ1) is 15.4. The van der Waals surface area contributed by atoms with Crippen LogP contribution >= 0.6 is 0 Å². The topological polar surface area (TPSA) is 47.9 Å². The van der Waals surface area contributed by atoms with Crippen molar-refractivity contribution in [1.29, 1.82) is 0 Å². The highest BCUT2D eigenvalue weighted by atomic mass is 16.8. The number of allylic oxidation sites excluding steroid dienone is 3. The van der Waals surface area contributed by atoms with Crippen molar-refractivity contribution in [2.75, 3.05) is 19.8 Å². The number of aliphatic hydroxyl groups is 1. The van der Waals surface area contributed by atoms with Gasteiger partial charge < -0.3 is 19.3 Å². The van der Waals surface area contributed by atoms with E-state index >= 15 is 0 Å². The summed E-state index contributed by atoms with van der Waals surface area (Å²) in [7, 11) is 0. The van der Waals surface area contributed by atoms with E-state index in [2.05, 4.69) is 13.0 Å². The van der Waals surface area contributed by atoms with Crippen molar-refractivity contribution < 1.29 is 19.3 Å². The van der Waals surface area contributed by atoms with E-state index in [1.165, 1.54) is 96.3 Å². The van der Waals surface area contributed by atoms with Gasteiger partial charge in [0, 0.05) is 13.2 Å². The van der Waals surface area contributed by atoms with Crippen LogP contribution in [0.5, 0.6) is 0 Å². The highest BCUT2D eigenvalue weighted by molar-refractivity contribution is 5.02. The molecular weight excluding hydrogens is 388 g/mol. The zero-order valence-corrected chi connectivity index (χ0v) is 20.3. The largest absolute Gasteiger partial charge is 0.392 e. The standard InChI is InChI=1S/C17H32O.C10H18O3/c1-2-3-4-5-6-7-8-9-10-11-12-13-14-15-16-17-18;1-3-7-11-9(5-1)13-10-6-2-4-8-12-10/h13-16,18H,2-12,17H2,1H3;9-10H,1-8H2. The Labute approximate surface area is 192 Å². The molecular formula is C27H50O4. The van der Waals surface area contributed by atoms with E-state index < -0.39 is 0 Å². The molecule has 2 aliphatic rings. The second-order valence-corrected chi connectivity index (χ2v) is 8.74. The Morgan fingerprint density at radius 3 is 1.71 bits per heavy atom. The lowest BCUT2D eigenvalue weighted by molar-refractivity contribution is -0.264.